The largest absolute Gasteiger partial charge is 0.534 e. The molecule has 0 N–H and O–H groups in total. The van der Waals surface area contributed by atoms with Crippen molar-refractivity contribution in [3.05, 3.63) is 35.4 Å². The lowest BCUT2D eigenvalue weighted by atomic mass is 9.98. The summed E-state index contributed by atoms with van der Waals surface area (Å²) in [6.07, 6.45) is 5.78. The zero-order chi connectivity index (χ0) is 18.7. The lowest BCUT2D eigenvalue weighted by molar-refractivity contribution is -0.0500. The maximum Gasteiger partial charge on any atom is 0.534 e. The first-order valence-electron chi connectivity index (χ1n) is 7.58. The second-order valence-corrected chi connectivity index (χ2v) is 7.05. The molecule has 1 aliphatic carbocycles. The predicted octanol–water partition coefficient (Wildman–Crippen LogP) is 4.05. The minimum absolute atomic E-state index is 0.0967. The van der Waals surface area contributed by atoms with E-state index in [1.54, 1.807) is 0 Å². The van der Waals surface area contributed by atoms with E-state index in [4.69, 9.17) is 0 Å². The first kappa shape index (κ1) is 19.3. The normalized spacial score (nSPS) is 15.9. The van der Waals surface area contributed by atoms with Crippen LogP contribution in [0.2, 0.25) is 0 Å². The first-order valence-corrected chi connectivity index (χ1v) is 8.99. The van der Waals surface area contributed by atoms with Crippen LogP contribution in [-0.4, -0.2) is 27.0 Å². The van der Waals surface area contributed by atoms with E-state index >= 15 is 0 Å². The van der Waals surface area contributed by atoms with Crippen molar-refractivity contribution < 1.29 is 35.3 Å². The van der Waals surface area contributed by atoms with E-state index in [0.29, 0.717) is 18.4 Å². The Kier molecular flexibility index (Phi) is 5.76. The molecule has 0 heterocycles. The molecule has 0 radical (unpaired) electrons. The molecule has 0 aromatic heterocycles. The molecule has 0 bridgehead atoms. The number of methoxy groups -OCH3 is 1. The fourth-order valence-corrected chi connectivity index (χ4v) is 3.00. The van der Waals surface area contributed by atoms with Gasteiger partial charge in [0.1, 0.15) is 5.75 Å². The number of allylic oxidation sites excluding steroid dienone is 2. The van der Waals surface area contributed by atoms with Gasteiger partial charge in [0.25, 0.3) is 0 Å². The van der Waals surface area contributed by atoms with Crippen LogP contribution in [0.1, 0.15) is 48.0 Å². The molecular formula is C16H17F3O5S. The van der Waals surface area contributed by atoms with Gasteiger partial charge in [0.05, 0.1) is 12.7 Å². The molecule has 0 atom stereocenters. The van der Waals surface area contributed by atoms with Crippen molar-refractivity contribution >= 4 is 21.7 Å². The van der Waals surface area contributed by atoms with E-state index in [-0.39, 0.29) is 11.1 Å². The molecular weight excluding hydrogens is 361 g/mol. The average Bonchev–Trinajstić information content (AvgIpc) is 2.82. The summed E-state index contributed by atoms with van der Waals surface area (Å²) in [4.78, 5) is 11.7. The summed E-state index contributed by atoms with van der Waals surface area (Å²) < 4.78 is 69.5. The van der Waals surface area contributed by atoms with Crippen LogP contribution in [-0.2, 0) is 14.9 Å². The van der Waals surface area contributed by atoms with Crippen molar-refractivity contribution in [1.29, 1.82) is 0 Å². The van der Waals surface area contributed by atoms with Crippen LogP contribution in [0.15, 0.2) is 24.3 Å². The molecule has 0 saturated heterocycles. The number of rotatable bonds is 4. The van der Waals surface area contributed by atoms with Gasteiger partial charge in [-0.15, -0.1) is 0 Å². The number of carbonyl (C=O) groups is 1. The van der Waals surface area contributed by atoms with Crippen LogP contribution >= 0.6 is 0 Å². The summed E-state index contributed by atoms with van der Waals surface area (Å²) in [7, 11) is -4.63. The lowest BCUT2D eigenvalue weighted by Gasteiger charge is -2.15. The van der Waals surface area contributed by atoms with E-state index in [0.717, 1.165) is 31.4 Å². The molecule has 2 rings (SSSR count). The van der Waals surface area contributed by atoms with Gasteiger partial charge in [0.15, 0.2) is 0 Å². The molecule has 5 nitrogen and oxygen atoms in total. The first-order chi connectivity index (χ1) is 11.7. The van der Waals surface area contributed by atoms with Crippen molar-refractivity contribution in [2.45, 2.75) is 37.6 Å². The fourth-order valence-electron chi connectivity index (χ4n) is 2.52. The second-order valence-electron chi connectivity index (χ2n) is 5.51. The topological polar surface area (TPSA) is 69.7 Å². The number of esters is 1. The molecule has 0 amide bonds. The van der Waals surface area contributed by atoms with E-state index in [2.05, 4.69) is 8.92 Å². The van der Waals surface area contributed by atoms with Crippen molar-refractivity contribution in [3.63, 3.8) is 0 Å². The summed E-state index contributed by atoms with van der Waals surface area (Å²) in [6, 6.07) is 3.49. The number of carbonyl (C=O) groups excluding carboxylic acids is 1. The highest BCUT2D eigenvalue weighted by atomic mass is 32.2. The molecule has 0 saturated carbocycles. The van der Waals surface area contributed by atoms with Crippen LogP contribution < -0.4 is 4.18 Å². The van der Waals surface area contributed by atoms with Crippen LogP contribution in [0, 0.1) is 0 Å². The summed E-state index contributed by atoms with van der Waals surface area (Å²) in [5.41, 5.74) is -4.64. The minimum atomic E-state index is -5.80. The zero-order valence-electron chi connectivity index (χ0n) is 13.4. The van der Waals surface area contributed by atoms with E-state index in [1.807, 2.05) is 6.08 Å². The molecule has 1 aromatic rings. The van der Waals surface area contributed by atoms with Crippen molar-refractivity contribution in [1.82, 2.24) is 0 Å². The Labute approximate surface area is 143 Å². The van der Waals surface area contributed by atoms with Crippen molar-refractivity contribution in [2.24, 2.45) is 0 Å². The van der Waals surface area contributed by atoms with Crippen LogP contribution in [0.3, 0.4) is 0 Å². The standard InChI is InChI=1S/C16H17F3O5S/c1-23-15(20)12-8-9-14(24-25(21,22)16(17,18)19)13(10-12)11-6-4-2-3-5-7-11/h6,8-10H,2-5,7H2,1H3. The van der Waals surface area contributed by atoms with Crippen LogP contribution in [0.25, 0.3) is 5.57 Å². The summed E-state index contributed by atoms with van der Waals surface area (Å²) in [5.74, 6) is -1.14. The lowest BCUT2D eigenvalue weighted by Crippen LogP contribution is -2.28. The van der Waals surface area contributed by atoms with E-state index in [9.17, 15) is 26.4 Å². The Morgan fingerprint density at radius 2 is 1.88 bits per heavy atom. The van der Waals surface area contributed by atoms with Gasteiger partial charge in [-0.1, -0.05) is 12.5 Å². The number of benzene rings is 1. The SMILES string of the molecule is COC(=O)c1ccc(OS(=O)(=O)C(F)(F)F)c(C2=CCCCCC2)c1. The van der Waals surface area contributed by atoms with Crippen LogP contribution in [0.5, 0.6) is 5.75 Å². The maximum atomic E-state index is 12.6. The van der Waals surface area contributed by atoms with Gasteiger partial charge in [-0.3, -0.25) is 0 Å². The van der Waals surface area contributed by atoms with E-state index in [1.165, 1.54) is 13.2 Å². The van der Waals surface area contributed by atoms with Crippen LogP contribution in [0.4, 0.5) is 13.2 Å². The quantitative estimate of drug-likeness (QED) is 0.449. The Morgan fingerprint density at radius 3 is 2.52 bits per heavy atom. The summed E-state index contributed by atoms with van der Waals surface area (Å²) in [6.45, 7) is 0. The molecule has 9 heteroatoms. The highest BCUT2D eigenvalue weighted by molar-refractivity contribution is 7.88. The summed E-state index contributed by atoms with van der Waals surface area (Å²) >= 11 is 0. The van der Waals surface area contributed by atoms with Gasteiger partial charge >= 0.3 is 21.6 Å². The number of alkyl halides is 3. The monoisotopic (exact) mass is 378 g/mol. The number of hydrogen-bond acceptors (Lipinski definition) is 5. The Morgan fingerprint density at radius 1 is 1.16 bits per heavy atom. The highest BCUT2D eigenvalue weighted by Gasteiger charge is 2.48. The predicted molar refractivity (Wildman–Crippen MR) is 84.4 cm³/mol. The maximum absolute atomic E-state index is 12.6. The van der Waals surface area contributed by atoms with Gasteiger partial charge in [-0.2, -0.15) is 21.6 Å². The third kappa shape index (κ3) is 4.53. The molecule has 1 aliphatic rings. The third-order valence-electron chi connectivity index (χ3n) is 3.77. The molecule has 0 unspecified atom stereocenters. The van der Waals surface area contributed by atoms with Gasteiger partial charge < -0.3 is 8.92 Å². The van der Waals surface area contributed by atoms with Gasteiger partial charge in [0.2, 0.25) is 0 Å². The molecule has 138 valence electrons. The van der Waals surface area contributed by atoms with Crippen molar-refractivity contribution in [3.8, 4) is 5.75 Å². The average molecular weight is 378 g/mol. The minimum Gasteiger partial charge on any atom is -0.465 e. The Bertz CT molecular complexity index is 781. The summed E-state index contributed by atoms with van der Waals surface area (Å²) in [5, 5.41) is 0. The molecule has 0 aliphatic heterocycles. The second kappa shape index (κ2) is 7.47. The molecule has 0 spiro atoms. The smallest absolute Gasteiger partial charge is 0.465 e. The highest BCUT2D eigenvalue weighted by Crippen LogP contribution is 2.36. The number of ether oxygens (including phenoxy) is 1. The zero-order valence-corrected chi connectivity index (χ0v) is 14.2. The third-order valence-corrected chi connectivity index (χ3v) is 4.74. The van der Waals surface area contributed by atoms with Gasteiger partial charge in [-0.05, 0) is 49.5 Å². The Balaban J connectivity index is 2.51. The molecule has 25 heavy (non-hydrogen) atoms. The fraction of sp³-hybridized carbons (Fsp3) is 0.438. The number of halogens is 3. The van der Waals surface area contributed by atoms with E-state index < -0.39 is 27.3 Å². The molecule has 0 fully saturated rings. The molecule has 1 aromatic carbocycles. The Hall–Kier alpha value is -2.03. The van der Waals surface area contributed by atoms with Gasteiger partial charge in [0, 0.05) is 5.56 Å². The van der Waals surface area contributed by atoms with Gasteiger partial charge in [-0.25, -0.2) is 4.79 Å². The van der Waals surface area contributed by atoms with Crippen molar-refractivity contribution in [2.75, 3.05) is 7.11 Å². The number of hydrogen-bond donors (Lipinski definition) is 0.